The maximum absolute atomic E-state index is 5.09. The summed E-state index contributed by atoms with van der Waals surface area (Å²) in [5.74, 6) is 1.73. The fourth-order valence-corrected chi connectivity index (χ4v) is 2.34. The van der Waals surface area contributed by atoms with Gasteiger partial charge in [0, 0.05) is 6.04 Å². The van der Waals surface area contributed by atoms with Crippen LogP contribution in [0.4, 0.5) is 0 Å². The van der Waals surface area contributed by atoms with E-state index in [9.17, 15) is 0 Å². The molecular formula is C13H25NO. The molecule has 0 spiro atoms. The van der Waals surface area contributed by atoms with Crippen LogP contribution in [0.15, 0.2) is 12.8 Å². The van der Waals surface area contributed by atoms with Crippen molar-refractivity contribution in [2.45, 2.75) is 45.6 Å². The Kier molecular flexibility index (Phi) is 5.77. The molecule has 0 bridgehead atoms. The average Bonchev–Trinajstić information content (AvgIpc) is 2.23. The molecule has 0 aromatic carbocycles. The van der Waals surface area contributed by atoms with Crippen LogP contribution in [0.25, 0.3) is 0 Å². The first-order chi connectivity index (χ1) is 7.24. The molecule has 1 aliphatic carbocycles. The topological polar surface area (TPSA) is 21.3 Å². The lowest BCUT2D eigenvalue weighted by atomic mass is 9.80. The lowest BCUT2D eigenvalue weighted by molar-refractivity contribution is 0.212. The third-order valence-electron chi connectivity index (χ3n) is 3.42. The van der Waals surface area contributed by atoms with Crippen LogP contribution in [0.1, 0.15) is 39.5 Å². The molecule has 0 amide bonds. The van der Waals surface area contributed by atoms with Crippen molar-refractivity contribution in [3.8, 4) is 0 Å². The van der Waals surface area contributed by atoms with E-state index in [0.29, 0.717) is 0 Å². The maximum atomic E-state index is 5.09. The molecular weight excluding hydrogens is 186 g/mol. The van der Waals surface area contributed by atoms with Gasteiger partial charge in [0.15, 0.2) is 0 Å². The second kappa shape index (κ2) is 6.89. The molecule has 15 heavy (non-hydrogen) atoms. The largest absolute Gasteiger partial charge is 0.502 e. The van der Waals surface area contributed by atoms with E-state index >= 15 is 0 Å². The summed E-state index contributed by atoms with van der Waals surface area (Å²) in [5.41, 5.74) is 0. The van der Waals surface area contributed by atoms with Gasteiger partial charge in [0.1, 0.15) is 0 Å². The van der Waals surface area contributed by atoms with Crippen molar-refractivity contribution >= 4 is 0 Å². The van der Waals surface area contributed by atoms with Gasteiger partial charge in [-0.05, 0) is 37.6 Å². The smallest absolute Gasteiger partial charge is 0.0885 e. The Hall–Kier alpha value is -0.500. The molecule has 1 saturated carbocycles. The minimum Gasteiger partial charge on any atom is -0.502 e. The summed E-state index contributed by atoms with van der Waals surface area (Å²) >= 11 is 0. The SMILES string of the molecule is C=COCCCNC1CC(C)CCC1C. The van der Waals surface area contributed by atoms with Gasteiger partial charge in [0.2, 0.25) is 0 Å². The first-order valence-electron chi connectivity index (χ1n) is 6.20. The Labute approximate surface area is 94.1 Å². The highest BCUT2D eigenvalue weighted by atomic mass is 16.5. The van der Waals surface area contributed by atoms with Gasteiger partial charge in [-0.15, -0.1) is 0 Å². The first kappa shape index (κ1) is 12.6. The molecule has 88 valence electrons. The first-order valence-corrected chi connectivity index (χ1v) is 6.20. The number of hydrogen-bond acceptors (Lipinski definition) is 2. The van der Waals surface area contributed by atoms with E-state index in [1.54, 1.807) is 0 Å². The lowest BCUT2D eigenvalue weighted by Gasteiger charge is -2.33. The quantitative estimate of drug-likeness (QED) is 0.539. The minimum atomic E-state index is 0.720. The van der Waals surface area contributed by atoms with E-state index in [1.807, 2.05) is 0 Å². The molecule has 0 radical (unpaired) electrons. The molecule has 1 fully saturated rings. The second-order valence-corrected chi connectivity index (χ2v) is 4.85. The molecule has 0 saturated heterocycles. The van der Waals surface area contributed by atoms with Crippen molar-refractivity contribution in [2.75, 3.05) is 13.2 Å². The second-order valence-electron chi connectivity index (χ2n) is 4.85. The highest BCUT2D eigenvalue weighted by molar-refractivity contribution is 4.81. The van der Waals surface area contributed by atoms with Crippen molar-refractivity contribution < 1.29 is 4.74 Å². The van der Waals surface area contributed by atoms with Gasteiger partial charge in [-0.2, -0.15) is 0 Å². The summed E-state index contributed by atoms with van der Waals surface area (Å²) in [6.45, 7) is 10.1. The summed E-state index contributed by atoms with van der Waals surface area (Å²) in [6, 6.07) is 0.720. The summed E-state index contributed by atoms with van der Waals surface area (Å²) in [6.07, 6.45) is 6.71. The monoisotopic (exact) mass is 211 g/mol. The standard InChI is InChI=1S/C13H25NO/c1-4-15-9-5-8-14-13-10-11(2)6-7-12(13)3/h4,11-14H,1,5-10H2,2-3H3. The Morgan fingerprint density at radius 2 is 2.20 bits per heavy atom. The van der Waals surface area contributed by atoms with Gasteiger partial charge in [-0.3, -0.25) is 0 Å². The molecule has 1 aliphatic rings. The number of rotatable bonds is 6. The number of hydrogen-bond donors (Lipinski definition) is 1. The van der Waals surface area contributed by atoms with Crippen molar-refractivity contribution in [1.82, 2.24) is 5.32 Å². The van der Waals surface area contributed by atoms with E-state index in [4.69, 9.17) is 4.74 Å². The van der Waals surface area contributed by atoms with Crippen LogP contribution in [0.3, 0.4) is 0 Å². The normalized spacial score (nSPS) is 31.2. The predicted octanol–water partition coefficient (Wildman–Crippen LogP) is 2.95. The Morgan fingerprint density at radius 3 is 2.93 bits per heavy atom. The van der Waals surface area contributed by atoms with Crippen LogP contribution in [-0.2, 0) is 4.74 Å². The van der Waals surface area contributed by atoms with E-state index in [2.05, 4.69) is 25.7 Å². The zero-order valence-corrected chi connectivity index (χ0v) is 10.2. The van der Waals surface area contributed by atoms with Gasteiger partial charge in [-0.1, -0.05) is 26.8 Å². The molecule has 2 heteroatoms. The van der Waals surface area contributed by atoms with E-state index in [1.165, 1.54) is 25.5 Å². The minimum absolute atomic E-state index is 0.720. The molecule has 3 atom stereocenters. The summed E-state index contributed by atoms with van der Waals surface area (Å²) in [4.78, 5) is 0. The van der Waals surface area contributed by atoms with Crippen LogP contribution in [0, 0.1) is 11.8 Å². The predicted molar refractivity (Wildman–Crippen MR) is 64.7 cm³/mol. The Morgan fingerprint density at radius 1 is 1.40 bits per heavy atom. The fraction of sp³-hybridized carbons (Fsp3) is 0.846. The number of ether oxygens (including phenoxy) is 1. The lowest BCUT2D eigenvalue weighted by Crippen LogP contribution is -2.40. The zero-order chi connectivity index (χ0) is 11.1. The van der Waals surface area contributed by atoms with E-state index in [0.717, 1.165) is 37.5 Å². The summed E-state index contributed by atoms with van der Waals surface area (Å²) in [7, 11) is 0. The summed E-state index contributed by atoms with van der Waals surface area (Å²) in [5, 5.41) is 3.65. The van der Waals surface area contributed by atoms with Gasteiger partial charge in [0.05, 0.1) is 12.9 Å². The maximum Gasteiger partial charge on any atom is 0.0885 e. The van der Waals surface area contributed by atoms with Crippen molar-refractivity contribution in [3.05, 3.63) is 12.8 Å². The molecule has 1 rings (SSSR count). The molecule has 0 heterocycles. The van der Waals surface area contributed by atoms with Crippen molar-refractivity contribution in [1.29, 1.82) is 0 Å². The molecule has 0 aromatic rings. The van der Waals surface area contributed by atoms with Gasteiger partial charge in [-0.25, -0.2) is 0 Å². The van der Waals surface area contributed by atoms with Crippen molar-refractivity contribution in [2.24, 2.45) is 11.8 Å². The highest BCUT2D eigenvalue weighted by Gasteiger charge is 2.24. The fourth-order valence-electron chi connectivity index (χ4n) is 2.34. The molecule has 3 unspecified atom stereocenters. The van der Waals surface area contributed by atoms with Crippen LogP contribution >= 0.6 is 0 Å². The summed E-state index contributed by atoms with van der Waals surface area (Å²) < 4.78 is 5.09. The van der Waals surface area contributed by atoms with Crippen molar-refractivity contribution in [3.63, 3.8) is 0 Å². The van der Waals surface area contributed by atoms with Crippen LogP contribution in [-0.4, -0.2) is 19.2 Å². The van der Waals surface area contributed by atoms with Gasteiger partial charge in [0.25, 0.3) is 0 Å². The van der Waals surface area contributed by atoms with Crippen LogP contribution in [0.2, 0.25) is 0 Å². The molecule has 2 nitrogen and oxygen atoms in total. The molecule has 0 aliphatic heterocycles. The Balaban J connectivity index is 2.10. The highest BCUT2D eigenvalue weighted by Crippen LogP contribution is 2.28. The third kappa shape index (κ3) is 4.70. The van der Waals surface area contributed by atoms with Gasteiger partial charge >= 0.3 is 0 Å². The van der Waals surface area contributed by atoms with Crippen LogP contribution < -0.4 is 5.32 Å². The Bertz CT molecular complexity index is 181. The number of nitrogens with one attached hydrogen (secondary N) is 1. The van der Waals surface area contributed by atoms with E-state index in [-0.39, 0.29) is 0 Å². The molecule has 0 aromatic heterocycles. The molecule has 1 N–H and O–H groups in total. The van der Waals surface area contributed by atoms with E-state index < -0.39 is 0 Å². The van der Waals surface area contributed by atoms with Crippen LogP contribution in [0.5, 0.6) is 0 Å². The van der Waals surface area contributed by atoms with Gasteiger partial charge < -0.3 is 10.1 Å². The average molecular weight is 211 g/mol. The zero-order valence-electron chi connectivity index (χ0n) is 10.2. The third-order valence-corrected chi connectivity index (χ3v) is 3.42.